The predicted molar refractivity (Wildman–Crippen MR) is 95.9 cm³/mol. The molecule has 0 fully saturated rings. The van der Waals surface area contributed by atoms with Gasteiger partial charge in [0.15, 0.2) is 0 Å². The summed E-state index contributed by atoms with van der Waals surface area (Å²) in [5.41, 5.74) is 4.54. The van der Waals surface area contributed by atoms with Gasteiger partial charge in [0.25, 0.3) is 0 Å². The Balaban J connectivity index is 3.36. The van der Waals surface area contributed by atoms with Crippen molar-refractivity contribution in [2.24, 2.45) is 5.73 Å². The van der Waals surface area contributed by atoms with Crippen molar-refractivity contribution in [2.45, 2.75) is 103 Å². The lowest BCUT2D eigenvalue weighted by Crippen LogP contribution is -2.46. The van der Waals surface area contributed by atoms with E-state index < -0.39 is 11.6 Å². The highest BCUT2D eigenvalue weighted by atomic mass is 16.3. The molecule has 0 radical (unpaired) electrons. The third-order valence-corrected chi connectivity index (χ3v) is 4.38. The van der Waals surface area contributed by atoms with E-state index in [1.54, 1.807) is 13.0 Å². The minimum absolute atomic E-state index is 0.199. The first kappa shape index (κ1) is 21.6. The number of nitrogens with two attached hydrogens (primary N) is 1. The molecule has 0 heterocycles. The summed E-state index contributed by atoms with van der Waals surface area (Å²) in [5.74, 6) is 0. The van der Waals surface area contributed by atoms with Crippen molar-refractivity contribution in [3.05, 3.63) is 12.2 Å². The van der Waals surface area contributed by atoms with E-state index in [1.807, 2.05) is 6.08 Å². The zero-order valence-corrected chi connectivity index (χ0v) is 14.9. The Morgan fingerprint density at radius 3 is 1.82 bits per heavy atom. The highest BCUT2D eigenvalue weighted by Crippen LogP contribution is 2.13. The van der Waals surface area contributed by atoms with Crippen LogP contribution in [0.4, 0.5) is 0 Å². The molecule has 3 nitrogen and oxygen atoms in total. The second-order valence-electron chi connectivity index (χ2n) is 6.74. The SMILES string of the molecule is CCCCCCCCCCCCC/C=C\[C@](C)(O)[C@@H](N)CO. The van der Waals surface area contributed by atoms with E-state index in [2.05, 4.69) is 6.92 Å². The summed E-state index contributed by atoms with van der Waals surface area (Å²) in [6, 6.07) is -0.610. The summed E-state index contributed by atoms with van der Waals surface area (Å²) in [7, 11) is 0. The Kier molecular flexibility index (Phi) is 14.0. The standard InChI is InChI=1S/C19H39NO2/c1-3-4-5-6-7-8-9-10-11-12-13-14-15-16-19(2,22)18(20)17-21/h15-16,18,21-22H,3-14,17,20H2,1-2H3/b16-15-/t18-,19-/m0/s1. The number of aliphatic hydroxyl groups excluding tert-OH is 1. The maximum Gasteiger partial charge on any atom is 0.0972 e. The molecule has 0 aliphatic rings. The maximum absolute atomic E-state index is 9.99. The third kappa shape index (κ3) is 12.2. The van der Waals surface area contributed by atoms with E-state index in [1.165, 1.54) is 64.2 Å². The topological polar surface area (TPSA) is 66.5 Å². The summed E-state index contributed by atoms with van der Waals surface area (Å²) >= 11 is 0. The molecular weight excluding hydrogens is 274 g/mol. The van der Waals surface area contributed by atoms with Crippen molar-refractivity contribution in [2.75, 3.05) is 6.61 Å². The van der Waals surface area contributed by atoms with Crippen molar-refractivity contribution in [3.8, 4) is 0 Å². The average molecular weight is 314 g/mol. The van der Waals surface area contributed by atoms with Crippen LogP contribution in [0, 0.1) is 0 Å². The lowest BCUT2D eigenvalue weighted by Gasteiger charge is -2.25. The largest absolute Gasteiger partial charge is 0.395 e. The Labute approximate surface area is 138 Å². The second-order valence-corrected chi connectivity index (χ2v) is 6.74. The van der Waals surface area contributed by atoms with E-state index in [-0.39, 0.29) is 6.61 Å². The lowest BCUT2D eigenvalue weighted by atomic mass is 9.96. The smallest absolute Gasteiger partial charge is 0.0972 e. The summed E-state index contributed by atoms with van der Waals surface area (Å²) in [5, 5.41) is 18.9. The minimum atomic E-state index is -1.10. The molecule has 0 unspecified atom stereocenters. The molecule has 0 spiro atoms. The minimum Gasteiger partial charge on any atom is -0.395 e. The van der Waals surface area contributed by atoms with Crippen LogP contribution in [-0.4, -0.2) is 28.5 Å². The van der Waals surface area contributed by atoms with E-state index in [0.717, 1.165) is 12.8 Å². The van der Waals surface area contributed by atoms with Gasteiger partial charge in [-0.2, -0.15) is 0 Å². The van der Waals surface area contributed by atoms with Gasteiger partial charge in [0, 0.05) is 0 Å². The predicted octanol–water partition coefficient (Wildman–Crippen LogP) is 4.31. The fraction of sp³-hybridized carbons (Fsp3) is 0.895. The normalized spacial score (nSPS) is 16.0. The number of unbranched alkanes of at least 4 members (excludes halogenated alkanes) is 11. The first-order valence-corrected chi connectivity index (χ1v) is 9.31. The molecule has 0 aromatic carbocycles. The Bertz CT molecular complexity index is 264. The third-order valence-electron chi connectivity index (χ3n) is 4.38. The lowest BCUT2D eigenvalue weighted by molar-refractivity contribution is 0.0560. The molecule has 22 heavy (non-hydrogen) atoms. The number of allylic oxidation sites excluding steroid dienone is 1. The number of rotatable bonds is 15. The molecule has 0 saturated carbocycles. The summed E-state index contributed by atoms with van der Waals surface area (Å²) in [6.07, 6.45) is 19.5. The number of aliphatic hydroxyl groups is 2. The summed E-state index contributed by atoms with van der Waals surface area (Å²) < 4.78 is 0. The Morgan fingerprint density at radius 2 is 1.36 bits per heavy atom. The molecule has 4 N–H and O–H groups in total. The molecule has 0 bridgehead atoms. The average Bonchev–Trinajstić information content (AvgIpc) is 2.50. The molecule has 3 heteroatoms. The van der Waals surface area contributed by atoms with Gasteiger partial charge in [-0.05, 0) is 19.8 Å². The quantitative estimate of drug-likeness (QED) is 0.312. The zero-order chi connectivity index (χ0) is 16.7. The van der Waals surface area contributed by atoms with Crippen LogP contribution in [0.1, 0.15) is 90.9 Å². The van der Waals surface area contributed by atoms with Crippen molar-refractivity contribution < 1.29 is 10.2 Å². The van der Waals surface area contributed by atoms with Crippen molar-refractivity contribution in [3.63, 3.8) is 0 Å². The van der Waals surface area contributed by atoms with E-state index in [9.17, 15) is 5.11 Å². The van der Waals surface area contributed by atoms with E-state index in [4.69, 9.17) is 10.8 Å². The highest BCUT2D eigenvalue weighted by Gasteiger charge is 2.24. The van der Waals surface area contributed by atoms with E-state index in [0.29, 0.717) is 0 Å². The van der Waals surface area contributed by atoms with Gasteiger partial charge in [-0.3, -0.25) is 0 Å². The van der Waals surface area contributed by atoms with E-state index >= 15 is 0 Å². The van der Waals surface area contributed by atoms with Crippen LogP contribution in [0.2, 0.25) is 0 Å². The summed E-state index contributed by atoms with van der Waals surface area (Å²) in [4.78, 5) is 0. The van der Waals surface area contributed by atoms with Gasteiger partial charge in [0.05, 0.1) is 18.2 Å². The molecule has 132 valence electrons. The van der Waals surface area contributed by atoms with Crippen LogP contribution in [0.25, 0.3) is 0 Å². The zero-order valence-electron chi connectivity index (χ0n) is 14.9. The van der Waals surface area contributed by atoms with Gasteiger partial charge >= 0.3 is 0 Å². The Hall–Kier alpha value is -0.380. The van der Waals surface area contributed by atoms with Crippen LogP contribution < -0.4 is 5.73 Å². The molecule has 0 saturated heterocycles. The van der Waals surface area contributed by atoms with Gasteiger partial charge in [0.2, 0.25) is 0 Å². The maximum atomic E-state index is 9.99. The van der Waals surface area contributed by atoms with Gasteiger partial charge in [-0.1, -0.05) is 83.3 Å². The first-order chi connectivity index (χ1) is 10.5. The molecule has 0 aliphatic heterocycles. The Morgan fingerprint density at radius 1 is 0.909 bits per heavy atom. The molecular formula is C19H39NO2. The highest BCUT2D eigenvalue weighted by molar-refractivity contribution is 5.03. The number of hydrogen-bond acceptors (Lipinski definition) is 3. The molecule has 0 amide bonds. The fourth-order valence-electron chi connectivity index (χ4n) is 2.56. The van der Waals surface area contributed by atoms with Gasteiger partial charge in [-0.25, -0.2) is 0 Å². The van der Waals surface area contributed by atoms with Gasteiger partial charge < -0.3 is 15.9 Å². The van der Waals surface area contributed by atoms with Crippen molar-refractivity contribution >= 4 is 0 Å². The molecule has 0 aromatic rings. The van der Waals surface area contributed by atoms with Crippen LogP contribution in [0.3, 0.4) is 0 Å². The first-order valence-electron chi connectivity index (χ1n) is 9.31. The fourth-order valence-corrected chi connectivity index (χ4v) is 2.56. The van der Waals surface area contributed by atoms with Crippen molar-refractivity contribution in [1.82, 2.24) is 0 Å². The van der Waals surface area contributed by atoms with Gasteiger partial charge in [-0.15, -0.1) is 0 Å². The molecule has 0 aromatic heterocycles. The van der Waals surface area contributed by atoms with Crippen LogP contribution >= 0.6 is 0 Å². The van der Waals surface area contributed by atoms with Crippen molar-refractivity contribution in [1.29, 1.82) is 0 Å². The number of hydrogen-bond donors (Lipinski definition) is 3. The van der Waals surface area contributed by atoms with Crippen LogP contribution in [0.15, 0.2) is 12.2 Å². The van der Waals surface area contributed by atoms with Crippen LogP contribution in [-0.2, 0) is 0 Å². The summed E-state index contributed by atoms with van der Waals surface area (Å²) in [6.45, 7) is 3.71. The van der Waals surface area contributed by atoms with Gasteiger partial charge in [0.1, 0.15) is 0 Å². The second kappa shape index (κ2) is 14.2. The molecule has 2 atom stereocenters. The molecule has 0 aliphatic carbocycles. The van der Waals surface area contributed by atoms with Crippen LogP contribution in [0.5, 0.6) is 0 Å². The molecule has 0 rings (SSSR count). The monoisotopic (exact) mass is 313 g/mol.